The molecular weight excluding hydrogens is 398 g/mol. The minimum atomic E-state index is -1.01. The molecule has 164 valence electrons. The average molecular weight is 425 g/mol. The summed E-state index contributed by atoms with van der Waals surface area (Å²) in [6, 6.07) is 2.80. The van der Waals surface area contributed by atoms with Crippen molar-refractivity contribution in [3.63, 3.8) is 0 Å². The third kappa shape index (κ3) is 3.47. The van der Waals surface area contributed by atoms with Crippen molar-refractivity contribution in [3.8, 4) is 5.75 Å². The van der Waals surface area contributed by atoms with Crippen molar-refractivity contribution in [1.29, 1.82) is 0 Å². The molecule has 0 saturated carbocycles. The highest BCUT2D eigenvalue weighted by atomic mass is 16.4. The molecule has 0 radical (unpaired) electrons. The fraction of sp³-hybridized carbons (Fsp3) is 0.417. The van der Waals surface area contributed by atoms with Crippen molar-refractivity contribution in [3.05, 3.63) is 63.5 Å². The molecule has 4 rings (SSSR count). The topological polar surface area (TPSA) is 111 Å². The van der Waals surface area contributed by atoms with Gasteiger partial charge >= 0.3 is 5.97 Å². The van der Waals surface area contributed by atoms with Crippen LogP contribution in [0.25, 0.3) is 11.0 Å². The van der Waals surface area contributed by atoms with Crippen molar-refractivity contribution in [1.82, 2.24) is 4.90 Å². The first-order valence-electron chi connectivity index (χ1n) is 10.4. The molecule has 1 fully saturated rings. The number of aliphatic hydroxyl groups is 1. The van der Waals surface area contributed by atoms with E-state index in [4.69, 9.17) is 4.42 Å². The van der Waals surface area contributed by atoms with Crippen molar-refractivity contribution in [2.45, 2.75) is 37.7 Å². The predicted molar refractivity (Wildman–Crippen MR) is 117 cm³/mol. The number of β-amino-alcohol motifs (C(OH)–C–C–N with tert-alkyl or cyclic N) is 1. The second-order valence-electron chi connectivity index (χ2n) is 8.85. The maximum absolute atomic E-state index is 12.7. The lowest BCUT2D eigenvalue weighted by Gasteiger charge is -2.40. The summed E-state index contributed by atoms with van der Waals surface area (Å²) < 4.78 is 5.98. The number of likely N-dealkylation sites (tertiary alicyclic amines) is 1. The molecule has 1 aromatic heterocycles. The fourth-order valence-electron chi connectivity index (χ4n) is 5.02. The Labute approximate surface area is 179 Å². The molecule has 4 unspecified atom stereocenters. The van der Waals surface area contributed by atoms with E-state index in [1.165, 1.54) is 12.1 Å². The highest BCUT2D eigenvalue weighted by molar-refractivity contribution is 5.89. The fourth-order valence-corrected chi connectivity index (χ4v) is 5.02. The van der Waals surface area contributed by atoms with Crippen molar-refractivity contribution in [2.75, 3.05) is 20.1 Å². The van der Waals surface area contributed by atoms with Crippen LogP contribution in [0, 0.1) is 12.8 Å². The summed E-state index contributed by atoms with van der Waals surface area (Å²) in [5, 5.41) is 31.7. The Morgan fingerprint density at radius 2 is 2.03 bits per heavy atom. The van der Waals surface area contributed by atoms with Gasteiger partial charge in [-0.05, 0) is 38.6 Å². The molecular formula is C24H27NO6. The van der Waals surface area contributed by atoms with Crippen molar-refractivity contribution >= 4 is 16.9 Å². The lowest BCUT2D eigenvalue weighted by molar-refractivity contribution is -0.141. The molecule has 4 atom stereocenters. The Bertz CT molecular complexity index is 1160. The number of aryl methyl sites for hydroxylation is 1. The van der Waals surface area contributed by atoms with Gasteiger partial charge in [0.1, 0.15) is 22.5 Å². The summed E-state index contributed by atoms with van der Waals surface area (Å²) in [6.07, 6.45) is 6.76. The number of rotatable bonds is 3. The molecule has 7 nitrogen and oxygen atoms in total. The van der Waals surface area contributed by atoms with Crippen LogP contribution in [0.3, 0.4) is 0 Å². The highest BCUT2D eigenvalue weighted by Crippen LogP contribution is 2.47. The van der Waals surface area contributed by atoms with Gasteiger partial charge in [-0.25, -0.2) is 0 Å². The van der Waals surface area contributed by atoms with Crippen LogP contribution >= 0.6 is 0 Å². The molecule has 7 heteroatoms. The van der Waals surface area contributed by atoms with Gasteiger partial charge in [-0.3, -0.25) is 9.59 Å². The zero-order valence-electron chi connectivity index (χ0n) is 17.8. The standard InChI is InChI=1S/C24H27NO6/c1-13-10-17(26)21-18(27)11-16(24(2)8-5-4-6-15(24)23(29)30)20(22(21)31-13)14-7-9-25(3)12-19(14)28/h4-6,8,10-11,14-15,19,27-28H,7,9,12H2,1-3H3,(H,29,30). The number of allylic oxidation sites excluding steroid dienone is 3. The zero-order valence-corrected chi connectivity index (χ0v) is 17.8. The third-order valence-corrected chi connectivity index (χ3v) is 6.65. The Morgan fingerprint density at radius 1 is 1.29 bits per heavy atom. The number of phenolic OH excluding ortho intramolecular Hbond substituents is 1. The first-order chi connectivity index (χ1) is 14.6. The van der Waals surface area contributed by atoms with E-state index < -0.39 is 23.4 Å². The molecule has 1 saturated heterocycles. The minimum absolute atomic E-state index is 0.0567. The van der Waals surface area contributed by atoms with Gasteiger partial charge in [-0.2, -0.15) is 0 Å². The van der Waals surface area contributed by atoms with Crippen molar-refractivity contribution in [2.24, 2.45) is 5.92 Å². The normalized spacial score (nSPS) is 28.8. The summed E-state index contributed by atoms with van der Waals surface area (Å²) >= 11 is 0. The number of nitrogens with zero attached hydrogens (tertiary/aromatic N) is 1. The Kier molecular flexibility index (Phi) is 5.27. The predicted octanol–water partition coefficient (Wildman–Crippen LogP) is 2.67. The van der Waals surface area contributed by atoms with Crippen LogP contribution in [0.5, 0.6) is 5.75 Å². The van der Waals surface area contributed by atoms with Crippen LogP contribution < -0.4 is 5.43 Å². The summed E-state index contributed by atoms with van der Waals surface area (Å²) in [5.41, 5.74) is -0.00405. The molecule has 0 spiro atoms. The molecule has 2 aliphatic rings. The monoisotopic (exact) mass is 425 g/mol. The number of fused-ring (bicyclic) bond motifs is 1. The largest absolute Gasteiger partial charge is 0.507 e. The van der Waals surface area contributed by atoms with Gasteiger partial charge < -0.3 is 24.6 Å². The Morgan fingerprint density at radius 3 is 2.71 bits per heavy atom. The number of likely N-dealkylation sites (N-methyl/N-ethyl adjacent to an activating group) is 1. The van der Waals surface area contributed by atoms with Gasteiger partial charge in [-0.1, -0.05) is 31.2 Å². The average Bonchev–Trinajstić information content (AvgIpc) is 2.68. The number of carboxylic acid groups (broad SMARTS) is 1. The van der Waals surface area contributed by atoms with Crippen LogP contribution in [0.15, 0.2) is 45.6 Å². The van der Waals surface area contributed by atoms with Gasteiger partial charge in [-0.15, -0.1) is 0 Å². The van der Waals surface area contributed by atoms with E-state index in [0.29, 0.717) is 29.9 Å². The van der Waals surface area contributed by atoms with E-state index in [0.717, 1.165) is 6.54 Å². The second kappa shape index (κ2) is 7.66. The number of aromatic hydroxyl groups is 1. The molecule has 1 aromatic carbocycles. The maximum atomic E-state index is 12.7. The van der Waals surface area contributed by atoms with E-state index in [9.17, 15) is 24.9 Å². The van der Waals surface area contributed by atoms with Crippen LogP contribution in [0.2, 0.25) is 0 Å². The number of phenols is 1. The molecule has 0 amide bonds. The molecule has 2 heterocycles. The van der Waals surface area contributed by atoms with Crippen LogP contribution in [-0.4, -0.2) is 52.4 Å². The highest BCUT2D eigenvalue weighted by Gasteiger charge is 2.43. The smallest absolute Gasteiger partial charge is 0.311 e. The van der Waals surface area contributed by atoms with Gasteiger partial charge in [0.15, 0.2) is 5.43 Å². The van der Waals surface area contributed by atoms with Crippen LogP contribution in [-0.2, 0) is 10.2 Å². The molecule has 2 aromatic rings. The summed E-state index contributed by atoms with van der Waals surface area (Å²) in [5.74, 6) is -2.11. The van der Waals surface area contributed by atoms with Crippen molar-refractivity contribution < 1.29 is 24.5 Å². The van der Waals surface area contributed by atoms with E-state index in [1.54, 1.807) is 38.2 Å². The summed E-state index contributed by atoms with van der Waals surface area (Å²) in [4.78, 5) is 26.9. The second-order valence-corrected chi connectivity index (χ2v) is 8.85. The number of aliphatic carboxylic acids is 1. The number of hydrogen-bond donors (Lipinski definition) is 3. The van der Waals surface area contributed by atoms with E-state index >= 15 is 0 Å². The number of benzene rings is 1. The van der Waals surface area contributed by atoms with Gasteiger partial charge in [0, 0.05) is 29.5 Å². The SMILES string of the molecule is Cc1cc(=O)c2c(O)cc(C3(C)C=CC=CC3C(=O)O)c(C3CCN(C)CC3O)c2o1. The van der Waals surface area contributed by atoms with Gasteiger partial charge in [0.2, 0.25) is 0 Å². The third-order valence-electron chi connectivity index (χ3n) is 6.65. The molecule has 1 aliphatic carbocycles. The van der Waals surface area contributed by atoms with Gasteiger partial charge in [0.25, 0.3) is 0 Å². The van der Waals surface area contributed by atoms with Crippen LogP contribution in [0.4, 0.5) is 0 Å². The lowest BCUT2D eigenvalue weighted by atomic mass is 9.66. The first kappa shape index (κ1) is 21.3. The molecule has 0 bridgehead atoms. The van der Waals surface area contributed by atoms with E-state index in [-0.39, 0.29) is 28.1 Å². The summed E-state index contributed by atoms with van der Waals surface area (Å²) in [6.45, 7) is 4.63. The summed E-state index contributed by atoms with van der Waals surface area (Å²) in [7, 11) is 1.93. The van der Waals surface area contributed by atoms with Crippen LogP contribution in [0.1, 0.15) is 36.1 Å². The number of carbonyl (C=O) groups is 1. The number of aliphatic hydroxyl groups excluding tert-OH is 1. The quantitative estimate of drug-likeness (QED) is 0.693. The first-order valence-corrected chi connectivity index (χ1v) is 10.4. The Balaban J connectivity index is 2.08. The number of hydrogen-bond acceptors (Lipinski definition) is 6. The molecule has 3 N–H and O–H groups in total. The zero-order chi connectivity index (χ0) is 22.5. The van der Waals surface area contributed by atoms with Gasteiger partial charge in [0.05, 0.1) is 12.0 Å². The molecule has 1 aliphatic heterocycles. The maximum Gasteiger partial charge on any atom is 0.311 e. The molecule has 31 heavy (non-hydrogen) atoms. The lowest BCUT2D eigenvalue weighted by Crippen LogP contribution is -2.42. The minimum Gasteiger partial charge on any atom is -0.507 e. The van der Waals surface area contributed by atoms with E-state index in [1.807, 2.05) is 11.9 Å². The Hall–Kier alpha value is -2.90. The number of carboxylic acids is 1. The number of piperidine rings is 1. The van der Waals surface area contributed by atoms with E-state index in [2.05, 4.69) is 0 Å².